The maximum absolute atomic E-state index is 12.9. The number of rotatable bonds is 1. The lowest BCUT2D eigenvalue weighted by atomic mass is 10.2. The predicted molar refractivity (Wildman–Crippen MR) is 93.6 cm³/mol. The van der Waals surface area contributed by atoms with Crippen LogP contribution >= 0.6 is 22.9 Å². The SMILES string of the molecule is O=C(NO)n1c(=O)n(-c2csc3cccc(Cl)c23)c2ccccc21. The van der Waals surface area contributed by atoms with E-state index in [1.807, 2.05) is 17.5 Å². The minimum absolute atomic E-state index is 0.389. The first-order valence-corrected chi connectivity index (χ1v) is 8.22. The first-order valence-electron chi connectivity index (χ1n) is 6.96. The molecule has 0 unspecified atom stereocenters. The number of benzene rings is 2. The highest BCUT2D eigenvalue weighted by Gasteiger charge is 2.21. The third kappa shape index (κ3) is 1.99. The van der Waals surface area contributed by atoms with Crippen molar-refractivity contribution in [2.45, 2.75) is 0 Å². The Morgan fingerprint density at radius 3 is 2.62 bits per heavy atom. The van der Waals surface area contributed by atoms with Gasteiger partial charge in [0.1, 0.15) is 0 Å². The van der Waals surface area contributed by atoms with Gasteiger partial charge in [0, 0.05) is 15.5 Å². The van der Waals surface area contributed by atoms with Gasteiger partial charge in [-0.25, -0.2) is 19.6 Å². The second-order valence-electron chi connectivity index (χ2n) is 5.09. The first kappa shape index (κ1) is 14.9. The summed E-state index contributed by atoms with van der Waals surface area (Å²) in [6.07, 6.45) is 0. The van der Waals surface area contributed by atoms with Crippen LogP contribution in [0.25, 0.3) is 26.8 Å². The number of imidazole rings is 1. The highest BCUT2D eigenvalue weighted by Crippen LogP contribution is 2.35. The van der Waals surface area contributed by atoms with Gasteiger partial charge in [-0.05, 0) is 24.3 Å². The van der Waals surface area contributed by atoms with Gasteiger partial charge in [0.25, 0.3) is 0 Å². The molecule has 4 rings (SSSR count). The minimum Gasteiger partial charge on any atom is -0.287 e. The van der Waals surface area contributed by atoms with Gasteiger partial charge in [0.2, 0.25) is 0 Å². The smallest absolute Gasteiger partial charge is 0.287 e. The van der Waals surface area contributed by atoms with Gasteiger partial charge in [-0.3, -0.25) is 9.77 Å². The fourth-order valence-corrected chi connectivity index (χ4v) is 4.10. The van der Waals surface area contributed by atoms with Crippen molar-refractivity contribution in [3.8, 4) is 5.69 Å². The monoisotopic (exact) mass is 359 g/mol. The molecule has 0 bridgehead atoms. The maximum atomic E-state index is 12.9. The number of fused-ring (bicyclic) bond motifs is 2. The molecule has 6 nitrogen and oxygen atoms in total. The van der Waals surface area contributed by atoms with Crippen molar-refractivity contribution in [1.82, 2.24) is 14.6 Å². The van der Waals surface area contributed by atoms with Crippen molar-refractivity contribution in [3.05, 3.63) is 63.4 Å². The third-order valence-electron chi connectivity index (χ3n) is 3.81. The van der Waals surface area contributed by atoms with E-state index in [4.69, 9.17) is 16.8 Å². The van der Waals surface area contributed by atoms with Gasteiger partial charge in [-0.1, -0.05) is 29.8 Å². The number of aromatic nitrogens is 2. The Balaban J connectivity index is 2.16. The van der Waals surface area contributed by atoms with Crippen LogP contribution in [0.3, 0.4) is 0 Å². The molecule has 120 valence electrons. The molecule has 2 heterocycles. The molecule has 0 radical (unpaired) electrons. The zero-order valence-electron chi connectivity index (χ0n) is 12.1. The number of thiophene rings is 1. The van der Waals surface area contributed by atoms with Crippen molar-refractivity contribution in [3.63, 3.8) is 0 Å². The van der Waals surface area contributed by atoms with Gasteiger partial charge >= 0.3 is 11.7 Å². The fourth-order valence-electron chi connectivity index (χ4n) is 2.82. The summed E-state index contributed by atoms with van der Waals surface area (Å²) in [5.74, 6) is 0. The van der Waals surface area contributed by atoms with E-state index in [-0.39, 0.29) is 0 Å². The van der Waals surface area contributed by atoms with E-state index in [0.717, 1.165) is 14.7 Å². The summed E-state index contributed by atoms with van der Waals surface area (Å²) in [5, 5.41) is 12.0. The van der Waals surface area contributed by atoms with E-state index in [9.17, 15) is 9.59 Å². The van der Waals surface area contributed by atoms with Gasteiger partial charge in [-0.15, -0.1) is 11.3 Å². The zero-order valence-corrected chi connectivity index (χ0v) is 13.6. The van der Waals surface area contributed by atoms with Gasteiger partial charge < -0.3 is 0 Å². The summed E-state index contributed by atoms with van der Waals surface area (Å²) >= 11 is 7.78. The molecule has 0 aliphatic heterocycles. The van der Waals surface area contributed by atoms with E-state index in [1.54, 1.807) is 30.3 Å². The Bertz CT molecular complexity index is 1160. The number of para-hydroxylation sites is 2. The van der Waals surface area contributed by atoms with E-state index >= 15 is 0 Å². The molecule has 2 aromatic heterocycles. The van der Waals surface area contributed by atoms with E-state index < -0.39 is 11.7 Å². The molecule has 4 aromatic rings. The van der Waals surface area contributed by atoms with Gasteiger partial charge in [0.05, 0.1) is 21.7 Å². The molecule has 0 aliphatic carbocycles. The van der Waals surface area contributed by atoms with Crippen molar-refractivity contribution in [2.24, 2.45) is 0 Å². The van der Waals surface area contributed by atoms with Gasteiger partial charge in [0.15, 0.2) is 0 Å². The topological polar surface area (TPSA) is 76.3 Å². The Morgan fingerprint density at radius 2 is 1.88 bits per heavy atom. The molecule has 24 heavy (non-hydrogen) atoms. The molecule has 0 spiro atoms. The lowest BCUT2D eigenvalue weighted by molar-refractivity contribution is 0.163. The number of amides is 1. The second kappa shape index (κ2) is 5.48. The van der Waals surface area contributed by atoms with Crippen molar-refractivity contribution in [2.75, 3.05) is 0 Å². The molecule has 2 aromatic carbocycles. The normalized spacial score (nSPS) is 11.2. The number of nitrogens with one attached hydrogen (secondary N) is 1. The molecular formula is C16H10ClN3O3S. The summed E-state index contributed by atoms with van der Waals surface area (Å²) in [7, 11) is 0. The summed E-state index contributed by atoms with van der Waals surface area (Å²) in [6, 6.07) is 11.5. The predicted octanol–water partition coefficient (Wildman–Crippen LogP) is 3.61. The Hall–Kier alpha value is -2.61. The highest BCUT2D eigenvalue weighted by molar-refractivity contribution is 7.17. The van der Waals surface area contributed by atoms with E-state index in [1.165, 1.54) is 21.4 Å². The number of nitrogens with zero attached hydrogens (tertiary/aromatic N) is 2. The van der Waals surface area contributed by atoms with Crippen LogP contribution in [0.15, 0.2) is 52.6 Å². The molecule has 8 heteroatoms. The van der Waals surface area contributed by atoms with Crippen LogP contribution in [0.2, 0.25) is 5.02 Å². The summed E-state index contributed by atoms with van der Waals surface area (Å²) in [4.78, 5) is 24.8. The molecule has 0 atom stereocenters. The molecule has 0 saturated carbocycles. The van der Waals surface area contributed by atoms with Crippen molar-refractivity contribution in [1.29, 1.82) is 0 Å². The third-order valence-corrected chi connectivity index (χ3v) is 5.07. The molecule has 0 fully saturated rings. The van der Waals surface area contributed by atoms with Gasteiger partial charge in [-0.2, -0.15) is 0 Å². The van der Waals surface area contributed by atoms with Crippen molar-refractivity contribution >= 4 is 50.1 Å². The van der Waals surface area contributed by atoms with Crippen LogP contribution < -0.4 is 11.2 Å². The summed E-state index contributed by atoms with van der Waals surface area (Å²) < 4.78 is 3.25. The van der Waals surface area contributed by atoms with Crippen LogP contribution in [-0.2, 0) is 0 Å². The van der Waals surface area contributed by atoms with E-state index in [0.29, 0.717) is 21.7 Å². The highest BCUT2D eigenvalue weighted by atomic mass is 35.5. The standard InChI is InChI=1S/C16H10ClN3O3S/c17-9-4-3-7-13-14(9)12(8-24-13)19-10-5-1-2-6-11(10)20(16(19)22)15(21)18-23/h1-8,23H,(H,18,21). The number of carbonyl (C=O) groups excluding carboxylic acids is 1. The minimum atomic E-state index is -0.916. The molecule has 2 N–H and O–H groups in total. The van der Waals surface area contributed by atoms with E-state index in [2.05, 4.69) is 0 Å². The molecule has 0 aliphatic rings. The van der Waals surface area contributed by atoms with Crippen molar-refractivity contribution < 1.29 is 10.0 Å². The van der Waals surface area contributed by atoms with Crippen LogP contribution in [0.5, 0.6) is 0 Å². The summed E-state index contributed by atoms with van der Waals surface area (Å²) in [6.45, 7) is 0. The Morgan fingerprint density at radius 1 is 1.12 bits per heavy atom. The largest absolute Gasteiger partial charge is 0.354 e. The molecule has 1 amide bonds. The number of halogens is 1. The number of carbonyl (C=O) groups is 1. The second-order valence-corrected chi connectivity index (χ2v) is 6.41. The number of hydrogen-bond acceptors (Lipinski definition) is 4. The maximum Gasteiger partial charge on any atom is 0.354 e. The Kier molecular flexibility index (Phi) is 3.42. The number of hydroxylamine groups is 1. The summed E-state index contributed by atoms with van der Waals surface area (Å²) in [5.41, 5.74) is 2.47. The van der Waals surface area contributed by atoms with Crippen LogP contribution in [0, 0.1) is 0 Å². The first-order chi connectivity index (χ1) is 11.6. The molecular weight excluding hydrogens is 350 g/mol. The average molecular weight is 360 g/mol. The van der Waals surface area contributed by atoms with Crippen LogP contribution in [0.1, 0.15) is 0 Å². The van der Waals surface area contributed by atoms with Crippen LogP contribution in [0.4, 0.5) is 4.79 Å². The Labute approximate surface area is 144 Å². The van der Waals surface area contributed by atoms with Crippen LogP contribution in [-0.4, -0.2) is 20.4 Å². The number of hydrogen-bond donors (Lipinski definition) is 2. The lowest BCUT2D eigenvalue weighted by Crippen LogP contribution is -2.34. The molecule has 0 saturated heterocycles. The average Bonchev–Trinajstić information content (AvgIpc) is 3.13. The quantitative estimate of drug-likeness (QED) is 0.402. The zero-order chi connectivity index (χ0) is 16.8. The lowest BCUT2D eigenvalue weighted by Gasteiger charge is -2.03. The fraction of sp³-hybridized carbons (Fsp3) is 0.